The summed E-state index contributed by atoms with van der Waals surface area (Å²) in [5, 5.41) is 13.6. The average Bonchev–Trinajstić information content (AvgIpc) is 2.58. The molecule has 0 saturated carbocycles. The fourth-order valence-electron chi connectivity index (χ4n) is 1.93. The van der Waals surface area contributed by atoms with Crippen molar-refractivity contribution in [3.05, 3.63) is 64.2 Å². The number of hydrogen-bond donors (Lipinski definition) is 1. The number of ether oxygens (including phenoxy) is 1. The van der Waals surface area contributed by atoms with Crippen molar-refractivity contribution in [2.45, 2.75) is 4.90 Å². The van der Waals surface area contributed by atoms with Crippen molar-refractivity contribution in [1.29, 1.82) is 0 Å². The van der Waals surface area contributed by atoms with Crippen molar-refractivity contribution < 1.29 is 14.5 Å². The molecular weight excluding hydrogens is 316 g/mol. The Bertz CT molecular complexity index is 692. The number of rotatable bonds is 7. The Morgan fingerprint density at radius 3 is 2.65 bits per heavy atom. The molecule has 0 spiro atoms. The molecule has 0 unspecified atom stereocenters. The van der Waals surface area contributed by atoms with E-state index in [2.05, 4.69) is 5.32 Å². The molecule has 0 radical (unpaired) electrons. The third-order valence-corrected chi connectivity index (χ3v) is 4.05. The molecule has 2 aromatic carbocycles. The number of carbonyl (C=O) groups is 1. The Morgan fingerprint density at radius 2 is 2.00 bits per heavy atom. The molecule has 7 heteroatoms. The van der Waals surface area contributed by atoms with Crippen LogP contribution in [0.15, 0.2) is 53.4 Å². The number of benzene rings is 2. The number of hydrogen-bond acceptors (Lipinski definition) is 5. The third-order valence-electron chi connectivity index (χ3n) is 3.04. The molecule has 0 bridgehead atoms. The van der Waals surface area contributed by atoms with Crippen molar-refractivity contribution in [2.75, 3.05) is 19.4 Å². The minimum absolute atomic E-state index is 0.144. The maximum absolute atomic E-state index is 12.2. The van der Waals surface area contributed by atoms with E-state index in [1.54, 1.807) is 11.8 Å². The van der Waals surface area contributed by atoms with Gasteiger partial charge in [0, 0.05) is 29.3 Å². The van der Waals surface area contributed by atoms with Gasteiger partial charge in [-0.05, 0) is 18.2 Å². The van der Waals surface area contributed by atoms with Crippen LogP contribution in [0.2, 0.25) is 0 Å². The fourth-order valence-corrected chi connectivity index (χ4v) is 2.72. The summed E-state index contributed by atoms with van der Waals surface area (Å²) in [5.41, 5.74) is 0.0148. The monoisotopic (exact) mass is 332 g/mol. The van der Waals surface area contributed by atoms with Crippen LogP contribution in [0.4, 0.5) is 5.69 Å². The quantitative estimate of drug-likeness (QED) is 0.365. The van der Waals surface area contributed by atoms with Gasteiger partial charge in [-0.25, -0.2) is 0 Å². The largest absolute Gasteiger partial charge is 0.496 e. The van der Waals surface area contributed by atoms with Crippen molar-refractivity contribution in [3.8, 4) is 5.75 Å². The van der Waals surface area contributed by atoms with E-state index in [1.807, 2.05) is 30.3 Å². The summed E-state index contributed by atoms with van der Waals surface area (Å²) in [7, 11) is 1.42. The van der Waals surface area contributed by atoms with Crippen molar-refractivity contribution >= 4 is 23.4 Å². The van der Waals surface area contributed by atoms with Crippen molar-refractivity contribution in [1.82, 2.24) is 5.32 Å². The summed E-state index contributed by atoms with van der Waals surface area (Å²) in [4.78, 5) is 23.6. The van der Waals surface area contributed by atoms with Crippen LogP contribution < -0.4 is 10.1 Å². The molecule has 0 aliphatic rings. The third kappa shape index (κ3) is 4.72. The van der Waals surface area contributed by atoms with Gasteiger partial charge in [0.1, 0.15) is 5.75 Å². The smallest absolute Gasteiger partial charge is 0.270 e. The van der Waals surface area contributed by atoms with E-state index in [9.17, 15) is 14.9 Å². The molecule has 0 aromatic heterocycles. The zero-order chi connectivity index (χ0) is 16.7. The molecule has 0 saturated heterocycles. The van der Waals surface area contributed by atoms with E-state index < -0.39 is 4.92 Å². The number of nitrogens with zero attached hydrogens (tertiary/aromatic N) is 1. The molecule has 23 heavy (non-hydrogen) atoms. The van der Waals surface area contributed by atoms with Crippen LogP contribution in [0.1, 0.15) is 10.4 Å². The van der Waals surface area contributed by atoms with E-state index in [-0.39, 0.29) is 17.2 Å². The van der Waals surface area contributed by atoms with Gasteiger partial charge >= 0.3 is 0 Å². The second kappa shape index (κ2) is 8.19. The van der Waals surface area contributed by atoms with Crippen LogP contribution in [0.5, 0.6) is 5.75 Å². The average molecular weight is 332 g/mol. The Hall–Kier alpha value is -2.54. The summed E-state index contributed by atoms with van der Waals surface area (Å²) in [6.07, 6.45) is 0. The van der Waals surface area contributed by atoms with E-state index in [4.69, 9.17) is 4.74 Å². The molecule has 1 N–H and O–H groups in total. The lowest BCUT2D eigenvalue weighted by Crippen LogP contribution is -2.26. The number of thioether (sulfide) groups is 1. The Labute approximate surface area is 138 Å². The first-order chi connectivity index (χ1) is 11.1. The lowest BCUT2D eigenvalue weighted by Gasteiger charge is -2.09. The molecule has 6 nitrogen and oxygen atoms in total. The summed E-state index contributed by atoms with van der Waals surface area (Å²) in [6, 6.07) is 13.8. The first-order valence-corrected chi connectivity index (χ1v) is 7.89. The molecule has 0 aliphatic heterocycles. The van der Waals surface area contributed by atoms with E-state index in [0.29, 0.717) is 18.0 Å². The molecule has 120 valence electrons. The maximum Gasteiger partial charge on any atom is 0.270 e. The number of methoxy groups -OCH3 is 1. The Kier molecular flexibility index (Phi) is 5.99. The lowest BCUT2D eigenvalue weighted by atomic mass is 10.1. The molecule has 0 atom stereocenters. The predicted octanol–water partition coefficient (Wildman–Crippen LogP) is 3.13. The lowest BCUT2D eigenvalue weighted by molar-refractivity contribution is -0.384. The zero-order valence-corrected chi connectivity index (χ0v) is 13.3. The highest BCUT2D eigenvalue weighted by molar-refractivity contribution is 7.99. The highest BCUT2D eigenvalue weighted by atomic mass is 32.2. The molecule has 2 aromatic rings. The van der Waals surface area contributed by atoms with Crippen molar-refractivity contribution in [3.63, 3.8) is 0 Å². The number of amides is 1. The van der Waals surface area contributed by atoms with E-state index in [0.717, 1.165) is 4.90 Å². The standard InChI is InChI=1S/C16H16N2O4S/c1-22-15-8-7-12(18(20)21)11-14(15)16(19)17-9-10-23-13-5-3-2-4-6-13/h2-8,11H,9-10H2,1H3,(H,17,19). The van der Waals surface area contributed by atoms with E-state index >= 15 is 0 Å². The number of non-ortho nitro benzene ring substituents is 1. The highest BCUT2D eigenvalue weighted by Gasteiger charge is 2.17. The first-order valence-electron chi connectivity index (χ1n) is 6.90. The van der Waals surface area contributed by atoms with Gasteiger partial charge in [-0.2, -0.15) is 0 Å². The fraction of sp³-hybridized carbons (Fsp3) is 0.188. The molecule has 0 aliphatic carbocycles. The van der Waals surface area contributed by atoms with Gasteiger partial charge in [0.2, 0.25) is 0 Å². The van der Waals surface area contributed by atoms with Gasteiger partial charge < -0.3 is 10.1 Å². The van der Waals surface area contributed by atoms with Crippen molar-refractivity contribution in [2.24, 2.45) is 0 Å². The molecule has 1 amide bonds. The van der Waals surface area contributed by atoms with Gasteiger partial charge in [0.25, 0.3) is 11.6 Å². The van der Waals surface area contributed by atoms with Crippen LogP contribution >= 0.6 is 11.8 Å². The second-order valence-corrected chi connectivity index (χ2v) is 5.73. The van der Waals surface area contributed by atoms with Crippen LogP contribution in [0.25, 0.3) is 0 Å². The highest BCUT2D eigenvalue weighted by Crippen LogP contribution is 2.24. The van der Waals surface area contributed by atoms with Crippen LogP contribution in [-0.2, 0) is 0 Å². The molecule has 2 rings (SSSR count). The summed E-state index contributed by atoms with van der Waals surface area (Å²) < 4.78 is 5.09. The number of carbonyl (C=O) groups excluding carboxylic acids is 1. The first kappa shape index (κ1) is 16.8. The van der Waals surface area contributed by atoms with Gasteiger partial charge in [0.05, 0.1) is 17.6 Å². The van der Waals surface area contributed by atoms with Crippen LogP contribution in [0, 0.1) is 10.1 Å². The summed E-state index contributed by atoms with van der Waals surface area (Å²) in [6.45, 7) is 0.449. The number of nitro groups is 1. The number of nitrogens with one attached hydrogen (secondary N) is 1. The van der Waals surface area contributed by atoms with Gasteiger partial charge in [-0.1, -0.05) is 18.2 Å². The predicted molar refractivity (Wildman–Crippen MR) is 89.1 cm³/mol. The SMILES string of the molecule is COc1ccc([N+](=O)[O-])cc1C(=O)NCCSc1ccccc1. The van der Waals surface area contributed by atoms with E-state index in [1.165, 1.54) is 25.3 Å². The second-order valence-electron chi connectivity index (χ2n) is 4.56. The normalized spacial score (nSPS) is 10.1. The minimum atomic E-state index is -0.540. The minimum Gasteiger partial charge on any atom is -0.496 e. The van der Waals surface area contributed by atoms with Gasteiger partial charge in [0.15, 0.2) is 0 Å². The topological polar surface area (TPSA) is 81.5 Å². The maximum atomic E-state index is 12.2. The molecule has 0 fully saturated rings. The van der Waals surface area contributed by atoms with Crippen LogP contribution in [-0.4, -0.2) is 30.2 Å². The number of nitro benzene ring substituents is 1. The molecule has 0 heterocycles. The summed E-state index contributed by atoms with van der Waals surface area (Å²) in [5.74, 6) is 0.621. The summed E-state index contributed by atoms with van der Waals surface area (Å²) >= 11 is 1.62. The Morgan fingerprint density at radius 1 is 1.26 bits per heavy atom. The van der Waals surface area contributed by atoms with Gasteiger partial charge in [-0.15, -0.1) is 11.8 Å². The van der Waals surface area contributed by atoms with Gasteiger partial charge in [-0.3, -0.25) is 14.9 Å². The zero-order valence-electron chi connectivity index (χ0n) is 12.5. The van der Waals surface area contributed by atoms with Crippen LogP contribution in [0.3, 0.4) is 0 Å². The Balaban J connectivity index is 1.94. The molecular formula is C16H16N2O4S.